The second kappa shape index (κ2) is 3.51. The third kappa shape index (κ3) is 1.47. The molecule has 4 nitrogen and oxygen atoms in total. The molecule has 0 amide bonds. The first-order valence-corrected chi connectivity index (χ1v) is 4.38. The largest absolute Gasteiger partial charge is 0.383 e. The zero-order valence-electron chi connectivity index (χ0n) is 7.91. The summed E-state index contributed by atoms with van der Waals surface area (Å²) in [4.78, 5) is 4.04. The maximum Gasteiger partial charge on any atom is 0.131 e. The average molecular weight is 188 g/mol. The SMILES string of the molecule is CNNc1ccc2ccnc(N)c2c1. The molecule has 72 valence electrons. The van der Waals surface area contributed by atoms with Gasteiger partial charge in [-0.3, -0.25) is 0 Å². The van der Waals surface area contributed by atoms with Gasteiger partial charge in [-0.15, -0.1) is 0 Å². The second-order valence-corrected chi connectivity index (χ2v) is 3.01. The molecule has 0 atom stereocenters. The minimum atomic E-state index is 0.558. The molecule has 0 radical (unpaired) electrons. The third-order valence-electron chi connectivity index (χ3n) is 2.07. The van der Waals surface area contributed by atoms with Crippen LogP contribution in [0.3, 0.4) is 0 Å². The molecule has 1 aromatic heterocycles. The van der Waals surface area contributed by atoms with Gasteiger partial charge in [-0.25, -0.2) is 10.4 Å². The minimum Gasteiger partial charge on any atom is -0.383 e. The van der Waals surface area contributed by atoms with Crippen molar-refractivity contribution in [3.63, 3.8) is 0 Å². The van der Waals surface area contributed by atoms with E-state index in [0.29, 0.717) is 5.82 Å². The van der Waals surface area contributed by atoms with E-state index in [0.717, 1.165) is 16.5 Å². The summed E-state index contributed by atoms with van der Waals surface area (Å²) in [5.41, 5.74) is 12.6. The molecule has 0 bridgehead atoms. The van der Waals surface area contributed by atoms with Gasteiger partial charge >= 0.3 is 0 Å². The first kappa shape index (κ1) is 8.77. The normalized spacial score (nSPS) is 10.4. The first-order chi connectivity index (χ1) is 6.81. The number of hydrazine groups is 1. The molecule has 2 aromatic rings. The van der Waals surface area contributed by atoms with Gasteiger partial charge in [-0.2, -0.15) is 0 Å². The lowest BCUT2D eigenvalue weighted by Gasteiger charge is -2.06. The van der Waals surface area contributed by atoms with Gasteiger partial charge in [0.05, 0.1) is 0 Å². The van der Waals surface area contributed by atoms with Crippen LogP contribution in [-0.2, 0) is 0 Å². The van der Waals surface area contributed by atoms with Gasteiger partial charge in [0, 0.05) is 24.3 Å². The minimum absolute atomic E-state index is 0.558. The number of fused-ring (bicyclic) bond motifs is 1. The molecular weight excluding hydrogens is 176 g/mol. The Hall–Kier alpha value is -1.81. The van der Waals surface area contributed by atoms with Crippen LogP contribution in [-0.4, -0.2) is 12.0 Å². The maximum absolute atomic E-state index is 5.76. The number of aromatic nitrogens is 1. The van der Waals surface area contributed by atoms with Gasteiger partial charge < -0.3 is 11.2 Å². The quantitative estimate of drug-likeness (QED) is 0.623. The Morgan fingerprint density at radius 3 is 2.93 bits per heavy atom. The van der Waals surface area contributed by atoms with Crippen molar-refractivity contribution in [2.24, 2.45) is 0 Å². The summed E-state index contributed by atoms with van der Waals surface area (Å²) in [5.74, 6) is 0.558. The number of nitrogens with zero attached hydrogens (tertiary/aromatic N) is 1. The fraction of sp³-hybridized carbons (Fsp3) is 0.100. The molecule has 0 fully saturated rings. The van der Waals surface area contributed by atoms with Crippen molar-refractivity contribution in [3.05, 3.63) is 30.5 Å². The van der Waals surface area contributed by atoms with Crippen molar-refractivity contribution in [3.8, 4) is 0 Å². The van der Waals surface area contributed by atoms with E-state index in [4.69, 9.17) is 5.73 Å². The van der Waals surface area contributed by atoms with Crippen molar-refractivity contribution in [2.75, 3.05) is 18.2 Å². The molecule has 1 aromatic carbocycles. The molecule has 0 aliphatic heterocycles. The average Bonchev–Trinajstić information content (AvgIpc) is 2.20. The van der Waals surface area contributed by atoms with Crippen LogP contribution < -0.4 is 16.6 Å². The fourth-order valence-electron chi connectivity index (χ4n) is 1.41. The van der Waals surface area contributed by atoms with Crippen molar-refractivity contribution in [2.45, 2.75) is 0 Å². The highest BCUT2D eigenvalue weighted by Crippen LogP contribution is 2.21. The predicted molar refractivity (Wildman–Crippen MR) is 58.8 cm³/mol. The summed E-state index contributed by atoms with van der Waals surface area (Å²) >= 11 is 0. The Bertz CT molecular complexity index is 453. The van der Waals surface area contributed by atoms with Gasteiger partial charge in [-0.05, 0) is 23.6 Å². The fourth-order valence-corrected chi connectivity index (χ4v) is 1.41. The number of nitrogens with two attached hydrogens (primary N) is 1. The summed E-state index contributed by atoms with van der Waals surface area (Å²) in [6, 6.07) is 7.90. The molecule has 0 aliphatic rings. The van der Waals surface area contributed by atoms with Crippen LogP contribution in [0, 0.1) is 0 Å². The van der Waals surface area contributed by atoms with Gasteiger partial charge in [0.25, 0.3) is 0 Å². The number of nitrogens with one attached hydrogen (secondary N) is 2. The van der Waals surface area contributed by atoms with E-state index >= 15 is 0 Å². The molecule has 0 saturated carbocycles. The van der Waals surface area contributed by atoms with Crippen molar-refractivity contribution in [1.82, 2.24) is 10.4 Å². The molecule has 4 N–H and O–H groups in total. The predicted octanol–water partition coefficient (Wildman–Crippen LogP) is 1.36. The number of nitrogen functional groups attached to an aromatic ring is 1. The highest BCUT2D eigenvalue weighted by atomic mass is 15.3. The third-order valence-corrected chi connectivity index (χ3v) is 2.07. The monoisotopic (exact) mass is 188 g/mol. The summed E-state index contributed by atoms with van der Waals surface area (Å²) in [6.45, 7) is 0. The van der Waals surface area contributed by atoms with Gasteiger partial charge in [0.2, 0.25) is 0 Å². The van der Waals surface area contributed by atoms with Crippen LogP contribution in [0.5, 0.6) is 0 Å². The molecule has 0 unspecified atom stereocenters. The molecule has 0 aliphatic carbocycles. The van der Waals surface area contributed by atoms with E-state index in [9.17, 15) is 0 Å². The molecule has 1 heterocycles. The van der Waals surface area contributed by atoms with Crippen LogP contribution in [0.2, 0.25) is 0 Å². The standard InChI is InChI=1S/C10H12N4/c1-12-14-8-3-2-7-4-5-13-10(11)9(7)6-8/h2-6,12,14H,1H3,(H2,11,13). The van der Waals surface area contributed by atoms with E-state index in [1.165, 1.54) is 0 Å². The van der Waals surface area contributed by atoms with Crippen LogP contribution in [0.1, 0.15) is 0 Å². The maximum atomic E-state index is 5.76. The molecule has 4 heteroatoms. The number of rotatable bonds is 2. The van der Waals surface area contributed by atoms with E-state index in [-0.39, 0.29) is 0 Å². The zero-order valence-corrected chi connectivity index (χ0v) is 7.91. The van der Waals surface area contributed by atoms with Gasteiger partial charge in [-0.1, -0.05) is 6.07 Å². The van der Waals surface area contributed by atoms with Crippen molar-refractivity contribution < 1.29 is 0 Å². The Kier molecular flexibility index (Phi) is 2.20. The summed E-state index contributed by atoms with van der Waals surface area (Å²) in [7, 11) is 1.82. The summed E-state index contributed by atoms with van der Waals surface area (Å²) in [6.07, 6.45) is 1.71. The Labute approximate surface area is 82.1 Å². The van der Waals surface area contributed by atoms with Crippen LogP contribution >= 0.6 is 0 Å². The lowest BCUT2D eigenvalue weighted by atomic mass is 10.1. The number of anilines is 2. The molecule has 0 spiro atoms. The molecule has 0 saturated heterocycles. The van der Waals surface area contributed by atoms with Crippen molar-refractivity contribution in [1.29, 1.82) is 0 Å². The number of pyridine rings is 1. The highest BCUT2D eigenvalue weighted by molar-refractivity contribution is 5.93. The number of benzene rings is 1. The van der Waals surface area contributed by atoms with E-state index in [2.05, 4.69) is 15.8 Å². The molecular formula is C10H12N4. The lowest BCUT2D eigenvalue weighted by molar-refractivity contribution is 0.985. The van der Waals surface area contributed by atoms with E-state index in [1.54, 1.807) is 6.20 Å². The van der Waals surface area contributed by atoms with Crippen molar-refractivity contribution >= 4 is 22.3 Å². The molecule has 2 rings (SSSR count). The van der Waals surface area contributed by atoms with Crippen LogP contribution in [0.4, 0.5) is 11.5 Å². The summed E-state index contributed by atoms with van der Waals surface area (Å²) < 4.78 is 0. The van der Waals surface area contributed by atoms with Gasteiger partial charge in [0.1, 0.15) is 5.82 Å². The number of hydrogen-bond donors (Lipinski definition) is 3. The topological polar surface area (TPSA) is 63.0 Å². The Balaban J connectivity index is 2.58. The van der Waals surface area contributed by atoms with Crippen LogP contribution in [0.15, 0.2) is 30.5 Å². The smallest absolute Gasteiger partial charge is 0.131 e. The van der Waals surface area contributed by atoms with Crippen LogP contribution in [0.25, 0.3) is 10.8 Å². The summed E-state index contributed by atoms with van der Waals surface area (Å²) in [5, 5.41) is 2.06. The zero-order chi connectivity index (χ0) is 9.97. The first-order valence-electron chi connectivity index (χ1n) is 4.38. The van der Waals surface area contributed by atoms with E-state index < -0.39 is 0 Å². The highest BCUT2D eigenvalue weighted by Gasteiger charge is 1.99. The lowest BCUT2D eigenvalue weighted by Crippen LogP contribution is -2.14. The number of hydrogen-bond acceptors (Lipinski definition) is 4. The van der Waals surface area contributed by atoms with Gasteiger partial charge in [0.15, 0.2) is 0 Å². The molecule has 14 heavy (non-hydrogen) atoms. The van der Waals surface area contributed by atoms with E-state index in [1.807, 2.05) is 31.3 Å². The Morgan fingerprint density at radius 1 is 1.29 bits per heavy atom. The Morgan fingerprint density at radius 2 is 2.14 bits per heavy atom. The second-order valence-electron chi connectivity index (χ2n) is 3.01.